The number of aliphatic carboxylic acids is 1. The third kappa shape index (κ3) is 11.7. The van der Waals surface area contributed by atoms with Crippen molar-refractivity contribution in [1.29, 1.82) is 0 Å². The molecule has 0 bridgehead atoms. The van der Waals surface area contributed by atoms with E-state index in [1.807, 2.05) is 25.8 Å². The van der Waals surface area contributed by atoms with E-state index in [1.165, 1.54) is 10.9 Å². The summed E-state index contributed by atoms with van der Waals surface area (Å²) in [6.07, 6.45) is -6.32. The minimum absolute atomic E-state index is 0.0608. The zero-order valence-corrected chi connectivity index (χ0v) is 17.8. The summed E-state index contributed by atoms with van der Waals surface area (Å²) < 4.78 is 59.3. The second-order valence-corrected chi connectivity index (χ2v) is 8.43. The maximum absolute atomic E-state index is 13.1. The van der Waals surface area contributed by atoms with Crippen LogP contribution in [0.3, 0.4) is 0 Å². The monoisotopic (exact) mass is 444 g/mol. The van der Waals surface area contributed by atoms with E-state index in [2.05, 4.69) is 31.2 Å². The lowest BCUT2D eigenvalue weighted by atomic mass is 9.96. The summed E-state index contributed by atoms with van der Waals surface area (Å²) in [5, 5.41) is 13.6. The summed E-state index contributed by atoms with van der Waals surface area (Å²) in [5.41, 5.74) is -0.224. The lowest BCUT2D eigenvalue weighted by molar-refractivity contribution is -0.192. The molecule has 0 saturated heterocycles. The maximum Gasteiger partial charge on any atom is 0.490 e. The molecule has 1 heterocycles. The van der Waals surface area contributed by atoms with Gasteiger partial charge in [0, 0.05) is 19.3 Å². The third-order valence-electron chi connectivity index (χ3n) is 3.22. The van der Waals surface area contributed by atoms with Crippen molar-refractivity contribution in [1.82, 2.24) is 14.7 Å². The molecule has 0 unspecified atom stereocenters. The molecule has 1 rings (SSSR count). The Bertz CT molecular complexity index is 697. The van der Waals surface area contributed by atoms with Crippen LogP contribution in [0.1, 0.15) is 46.7 Å². The van der Waals surface area contributed by atoms with Gasteiger partial charge in [-0.1, -0.05) is 34.6 Å². The van der Waals surface area contributed by atoms with Gasteiger partial charge in [0.25, 0.3) is 6.43 Å². The van der Waals surface area contributed by atoms with Gasteiger partial charge in [-0.05, 0) is 18.4 Å². The minimum atomic E-state index is -5.08. The molecule has 30 heavy (non-hydrogen) atoms. The number of likely N-dealkylation sites (N-methyl/N-ethyl adjacent to an activating group) is 1. The van der Waals surface area contributed by atoms with Crippen LogP contribution in [0.15, 0.2) is 6.20 Å². The fourth-order valence-electron chi connectivity index (χ4n) is 2.46. The number of carboxylic acid groups (broad SMARTS) is 1. The Hall–Kier alpha value is -2.24. The van der Waals surface area contributed by atoms with E-state index in [9.17, 15) is 26.7 Å². The molecule has 2 N–H and O–H groups in total. The molecule has 0 radical (unpaired) electrons. The molecule has 0 aliphatic rings. The number of alkyl halides is 5. The number of nitrogens with zero attached hydrogens (tertiary/aromatic N) is 3. The first kappa shape index (κ1) is 27.8. The van der Waals surface area contributed by atoms with Gasteiger partial charge in [0.15, 0.2) is 5.69 Å². The van der Waals surface area contributed by atoms with E-state index in [1.54, 1.807) is 0 Å². The van der Waals surface area contributed by atoms with Crippen molar-refractivity contribution in [3.8, 4) is 0 Å². The topological polar surface area (TPSA) is 87.5 Å². The molecular formula is C18H29F5N4O3. The third-order valence-corrected chi connectivity index (χ3v) is 3.22. The number of hydrogen-bond acceptors (Lipinski definition) is 4. The Kier molecular flexibility index (Phi) is 10.4. The van der Waals surface area contributed by atoms with Crippen molar-refractivity contribution in [3.05, 3.63) is 11.9 Å². The molecule has 0 saturated carbocycles. The molecule has 1 aromatic rings. The summed E-state index contributed by atoms with van der Waals surface area (Å²) in [7, 11) is 1.83. The second kappa shape index (κ2) is 11.2. The number of nitrogens with one attached hydrogen (secondary N) is 1. The SMILES string of the molecule is CC(C)Cn1cc(NC(=O)CN(C)CC(C)(C)C)c(C(F)F)n1.O=C(O)C(F)(F)F. The average Bonchev–Trinajstić information content (AvgIpc) is 2.86. The van der Waals surface area contributed by atoms with E-state index < -0.39 is 18.6 Å². The van der Waals surface area contributed by atoms with Crippen molar-refractivity contribution in [3.63, 3.8) is 0 Å². The number of hydrogen-bond donors (Lipinski definition) is 2. The summed E-state index contributed by atoms with van der Waals surface area (Å²) >= 11 is 0. The molecule has 0 spiro atoms. The normalized spacial score (nSPS) is 12.2. The van der Waals surface area contributed by atoms with Crippen LogP contribution in [0.5, 0.6) is 0 Å². The quantitative estimate of drug-likeness (QED) is 0.620. The molecule has 1 aromatic heterocycles. The molecule has 0 aromatic carbocycles. The minimum Gasteiger partial charge on any atom is -0.475 e. The number of aromatic nitrogens is 2. The summed E-state index contributed by atoms with van der Waals surface area (Å²) in [6, 6.07) is 0. The Morgan fingerprint density at radius 1 is 1.23 bits per heavy atom. The number of carboxylic acids is 1. The van der Waals surface area contributed by atoms with Gasteiger partial charge in [0.1, 0.15) is 0 Å². The van der Waals surface area contributed by atoms with Gasteiger partial charge in [-0.3, -0.25) is 14.4 Å². The average molecular weight is 444 g/mol. The smallest absolute Gasteiger partial charge is 0.475 e. The van der Waals surface area contributed by atoms with Gasteiger partial charge in [-0.2, -0.15) is 18.3 Å². The largest absolute Gasteiger partial charge is 0.490 e. The molecule has 12 heteroatoms. The van der Waals surface area contributed by atoms with Gasteiger partial charge in [0.05, 0.1) is 12.2 Å². The number of amides is 1. The van der Waals surface area contributed by atoms with Gasteiger partial charge in [-0.15, -0.1) is 0 Å². The van der Waals surface area contributed by atoms with Gasteiger partial charge >= 0.3 is 12.1 Å². The first-order chi connectivity index (χ1) is 13.4. The standard InChI is InChI=1S/C16H28F2N4O.C2HF3O2/c1-11(2)7-22-8-12(14(20-22)15(17)18)19-13(23)9-21(6)10-16(3,4)5;3-2(4,5)1(6)7/h8,11,15H,7,9-10H2,1-6H3,(H,19,23);(H,6,7). The zero-order chi connectivity index (χ0) is 23.9. The van der Waals surface area contributed by atoms with Gasteiger partial charge < -0.3 is 10.4 Å². The highest BCUT2D eigenvalue weighted by Crippen LogP contribution is 2.26. The Balaban J connectivity index is 0.00000103. The predicted octanol–water partition coefficient (Wildman–Crippen LogP) is 4.03. The van der Waals surface area contributed by atoms with E-state index in [0.29, 0.717) is 6.54 Å². The van der Waals surface area contributed by atoms with E-state index >= 15 is 0 Å². The molecule has 1 amide bonds. The van der Waals surface area contributed by atoms with Crippen molar-refractivity contribution in [2.24, 2.45) is 11.3 Å². The van der Waals surface area contributed by atoms with Crippen LogP contribution in [0.2, 0.25) is 0 Å². The molecule has 0 atom stereocenters. The molecule has 0 fully saturated rings. The number of anilines is 1. The fraction of sp³-hybridized carbons (Fsp3) is 0.722. The number of halogens is 5. The Morgan fingerprint density at radius 2 is 1.73 bits per heavy atom. The van der Waals surface area contributed by atoms with Crippen LogP contribution in [0.25, 0.3) is 0 Å². The van der Waals surface area contributed by atoms with Gasteiger partial charge in [0.2, 0.25) is 5.91 Å². The van der Waals surface area contributed by atoms with Crippen molar-refractivity contribution >= 4 is 17.6 Å². The molecule has 174 valence electrons. The van der Waals surface area contributed by atoms with E-state index in [4.69, 9.17) is 9.90 Å². The highest BCUT2D eigenvalue weighted by Gasteiger charge is 2.38. The first-order valence-corrected chi connectivity index (χ1v) is 9.06. The molecule has 0 aliphatic carbocycles. The van der Waals surface area contributed by atoms with Crippen molar-refractivity contribution < 1.29 is 36.6 Å². The van der Waals surface area contributed by atoms with Crippen LogP contribution in [-0.2, 0) is 16.1 Å². The summed E-state index contributed by atoms with van der Waals surface area (Å²) in [4.78, 5) is 22.8. The van der Waals surface area contributed by atoms with Crippen LogP contribution in [-0.4, -0.2) is 58.0 Å². The van der Waals surface area contributed by atoms with Crippen LogP contribution in [0.4, 0.5) is 27.6 Å². The van der Waals surface area contributed by atoms with Crippen LogP contribution in [0, 0.1) is 11.3 Å². The van der Waals surface area contributed by atoms with Crippen molar-refractivity contribution in [2.75, 3.05) is 25.5 Å². The summed E-state index contributed by atoms with van der Waals surface area (Å²) in [6.45, 7) is 11.6. The lowest BCUT2D eigenvalue weighted by Gasteiger charge is -2.25. The van der Waals surface area contributed by atoms with Crippen molar-refractivity contribution in [2.45, 2.75) is 53.8 Å². The highest BCUT2D eigenvalue weighted by molar-refractivity contribution is 5.92. The van der Waals surface area contributed by atoms with E-state index in [-0.39, 0.29) is 35.2 Å². The van der Waals surface area contributed by atoms with E-state index in [0.717, 1.165) is 6.54 Å². The zero-order valence-electron chi connectivity index (χ0n) is 17.8. The first-order valence-electron chi connectivity index (χ1n) is 9.06. The molecular weight excluding hydrogens is 415 g/mol. The lowest BCUT2D eigenvalue weighted by Crippen LogP contribution is -2.35. The maximum atomic E-state index is 13.1. The van der Waals surface area contributed by atoms with Crippen LogP contribution >= 0.6 is 0 Å². The fourth-order valence-corrected chi connectivity index (χ4v) is 2.46. The molecule has 0 aliphatic heterocycles. The number of carbonyl (C=O) groups excluding carboxylic acids is 1. The predicted molar refractivity (Wildman–Crippen MR) is 101 cm³/mol. The Morgan fingerprint density at radius 3 is 2.10 bits per heavy atom. The summed E-state index contributed by atoms with van der Waals surface area (Å²) in [5.74, 6) is -2.79. The number of carbonyl (C=O) groups is 2. The Labute approximate surface area is 172 Å². The highest BCUT2D eigenvalue weighted by atomic mass is 19.4. The van der Waals surface area contributed by atoms with Gasteiger partial charge in [-0.25, -0.2) is 13.6 Å². The second-order valence-electron chi connectivity index (χ2n) is 8.43. The molecule has 7 nitrogen and oxygen atoms in total. The van der Waals surface area contributed by atoms with Crippen LogP contribution < -0.4 is 5.32 Å². The number of rotatable bonds is 7.